The lowest BCUT2D eigenvalue weighted by Gasteiger charge is -2.33. The van der Waals surface area contributed by atoms with Crippen molar-refractivity contribution in [1.29, 1.82) is 0 Å². The van der Waals surface area contributed by atoms with Crippen LogP contribution in [0, 0.1) is 0 Å². The molecular formula is C24H25N7O6. The SMILES string of the molecule is COc1ccc2ncc(=O)n(CCN[C@H]3CC[C@H]4[C@H](C3)OC(=O)N4c3ccc4c(n3)NC(=O)CO4)c2n1. The van der Waals surface area contributed by atoms with Gasteiger partial charge in [-0.15, -0.1) is 0 Å². The molecule has 13 heteroatoms. The van der Waals surface area contributed by atoms with Crippen molar-refractivity contribution in [2.75, 3.05) is 30.5 Å². The zero-order chi connectivity index (χ0) is 25.5. The molecule has 2 aliphatic heterocycles. The molecule has 1 saturated heterocycles. The number of methoxy groups -OCH3 is 1. The first-order chi connectivity index (χ1) is 18.0. The van der Waals surface area contributed by atoms with Crippen LogP contribution in [0.3, 0.4) is 0 Å². The molecular weight excluding hydrogens is 482 g/mol. The molecule has 0 radical (unpaired) electrons. The highest BCUT2D eigenvalue weighted by molar-refractivity contribution is 5.95. The van der Waals surface area contributed by atoms with E-state index in [0.29, 0.717) is 60.4 Å². The predicted octanol–water partition coefficient (Wildman–Crippen LogP) is 1.06. The summed E-state index contributed by atoms with van der Waals surface area (Å²) < 4.78 is 17.8. The van der Waals surface area contributed by atoms with Gasteiger partial charge in [-0.3, -0.25) is 19.1 Å². The Hall–Kier alpha value is -4.26. The van der Waals surface area contributed by atoms with Gasteiger partial charge < -0.3 is 24.8 Å². The van der Waals surface area contributed by atoms with E-state index < -0.39 is 6.09 Å². The topological polar surface area (TPSA) is 150 Å². The van der Waals surface area contributed by atoms with E-state index in [1.807, 2.05) is 0 Å². The molecule has 3 aromatic heterocycles. The number of pyridine rings is 2. The van der Waals surface area contributed by atoms with Gasteiger partial charge in [-0.05, 0) is 31.0 Å². The molecule has 3 atom stereocenters. The van der Waals surface area contributed by atoms with E-state index in [0.717, 1.165) is 6.42 Å². The van der Waals surface area contributed by atoms with Gasteiger partial charge in [-0.25, -0.2) is 14.8 Å². The van der Waals surface area contributed by atoms with Crippen molar-refractivity contribution in [2.24, 2.45) is 0 Å². The highest BCUT2D eigenvalue weighted by Gasteiger charge is 2.46. The van der Waals surface area contributed by atoms with Crippen LogP contribution >= 0.6 is 0 Å². The van der Waals surface area contributed by atoms with E-state index in [9.17, 15) is 14.4 Å². The third-order valence-electron chi connectivity index (χ3n) is 6.89. The van der Waals surface area contributed by atoms with Crippen molar-refractivity contribution in [3.8, 4) is 11.6 Å². The smallest absolute Gasteiger partial charge is 0.416 e. The van der Waals surface area contributed by atoms with Gasteiger partial charge in [0.15, 0.2) is 23.8 Å². The largest absolute Gasteiger partial charge is 0.481 e. The van der Waals surface area contributed by atoms with Crippen LogP contribution in [0.5, 0.6) is 11.6 Å². The van der Waals surface area contributed by atoms with Gasteiger partial charge in [-0.1, -0.05) is 0 Å². The van der Waals surface area contributed by atoms with Crippen molar-refractivity contribution in [3.63, 3.8) is 0 Å². The van der Waals surface area contributed by atoms with Gasteiger partial charge in [0, 0.05) is 31.6 Å². The second-order valence-corrected chi connectivity index (χ2v) is 9.12. The summed E-state index contributed by atoms with van der Waals surface area (Å²) in [5.74, 6) is 1.31. The average Bonchev–Trinajstić information content (AvgIpc) is 3.24. The van der Waals surface area contributed by atoms with Crippen molar-refractivity contribution in [2.45, 2.75) is 44.0 Å². The Balaban J connectivity index is 1.11. The van der Waals surface area contributed by atoms with Crippen LogP contribution in [0.4, 0.5) is 16.4 Å². The van der Waals surface area contributed by atoms with Crippen LogP contribution < -0.4 is 30.6 Å². The first-order valence-electron chi connectivity index (χ1n) is 12.1. The lowest BCUT2D eigenvalue weighted by molar-refractivity contribution is -0.118. The van der Waals surface area contributed by atoms with Crippen molar-refractivity contribution in [3.05, 3.63) is 40.8 Å². The zero-order valence-corrected chi connectivity index (χ0v) is 20.0. The molecule has 0 spiro atoms. The van der Waals surface area contributed by atoms with Gasteiger partial charge in [0.1, 0.15) is 17.4 Å². The summed E-state index contributed by atoms with van der Waals surface area (Å²) in [6.45, 7) is 0.876. The Kier molecular flexibility index (Phi) is 5.83. The number of rotatable bonds is 6. The number of nitrogens with one attached hydrogen (secondary N) is 2. The molecule has 192 valence electrons. The van der Waals surface area contributed by atoms with Crippen LogP contribution in [-0.4, -0.2) is 70.0 Å². The Bertz CT molecular complexity index is 1440. The number of anilines is 2. The number of amides is 2. The van der Waals surface area contributed by atoms with Crippen molar-refractivity contribution < 1.29 is 23.8 Å². The fourth-order valence-corrected chi connectivity index (χ4v) is 5.13. The van der Waals surface area contributed by atoms with E-state index in [2.05, 4.69) is 25.6 Å². The normalized spacial score (nSPS) is 22.6. The average molecular weight is 508 g/mol. The van der Waals surface area contributed by atoms with E-state index in [1.165, 1.54) is 13.3 Å². The molecule has 2 N–H and O–H groups in total. The van der Waals surface area contributed by atoms with Crippen molar-refractivity contribution in [1.82, 2.24) is 24.8 Å². The predicted molar refractivity (Wildman–Crippen MR) is 131 cm³/mol. The molecule has 1 saturated carbocycles. The number of hydrogen-bond acceptors (Lipinski definition) is 10. The summed E-state index contributed by atoms with van der Waals surface area (Å²) in [5, 5.41) is 6.16. The monoisotopic (exact) mass is 507 g/mol. The van der Waals surface area contributed by atoms with Crippen molar-refractivity contribution >= 4 is 34.8 Å². The van der Waals surface area contributed by atoms with E-state index in [-0.39, 0.29) is 36.3 Å². The first kappa shape index (κ1) is 23.2. The molecule has 1 aliphatic carbocycles. The van der Waals surface area contributed by atoms with Crippen LogP contribution in [0.25, 0.3) is 11.2 Å². The van der Waals surface area contributed by atoms with Gasteiger partial charge in [-0.2, -0.15) is 4.98 Å². The molecule has 37 heavy (non-hydrogen) atoms. The minimum absolute atomic E-state index is 0.0599. The van der Waals surface area contributed by atoms with E-state index in [1.54, 1.807) is 33.7 Å². The summed E-state index contributed by atoms with van der Waals surface area (Å²) in [5.41, 5.74) is 0.843. The Morgan fingerprint density at radius 2 is 2.05 bits per heavy atom. The molecule has 2 amide bonds. The molecule has 0 bridgehead atoms. The molecule has 0 unspecified atom stereocenters. The quantitative estimate of drug-likeness (QED) is 0.496. The molecule has 5 heterocycles. The zero-order valence-electron chi connectivity index (χ0n) is 20.0. The number of fused-ring (bicyclic) bond motifs is 3. The Morgan fingerprint density at radius 1 is 1.16 bits per heavy atom. The van der Waals surface area contributed by atoms with Crippen LogP contribution in [0.15, 0.2) is 35.3 Å². The van der Waals surface area contributed by atoms with Gasteiger partial charge in [0.25, 0.3) is 11.5 Å². The van der Waals surface area contributed by atoms with E-state index >= 15 is 0 Å². The molecule has 13 nitrogen and oxygen atoms in total. The summed E-state index contributed by atoms with van der Waals surface area (Å²) in [6, 6.07) is 6.83. The summed E-state index contributed by atoms with van der Waals surface area (Å²) in [4.78, 5) is 51.4. The molecule has 2 fully saturated rings. The fourth-order valence-electron chi connectivity index (χ4n) is 5.13. The molecule has 3 aromatic rings. The second-order valence-electron chi connectivity index (χ2n) is 9.12. The third-order valence-corrected chi connectivity index (χ3v) is 6.89. The summed E-state index contributed by atoms with van der Waals surface area (Å²) in [7, 11) is 1.52. The lowest BCUT2D eigenvalue weighted by Crippen LogP contribution is -2.46. The number of ether oxygens (including phenoxy) is 3. The standard InChI is InChI=1S/C24H25N7O6/c1-35-20-7-3-14-23(29-20)30(21(33)11-26-14)9-8-25-13-2-4-15-17(10-13)37-24(34)31(15)18-6-5-16-22(27-18)28-19(32)12-36-16/h3,5-7,11,13,15,17,25H,2,4,8-10,12H2,1H3,(H,27,28,32)/t13-,15-,17-/m0/s1. The third kappa shape index (κ3) is 4.31. The molecule has 3 aliphatic rings. The van der Waals surface area contributed by atoms with E-state index in [4.69, 9.17) is 14.2 Å². The number of aromatic nitrogens is 4. The fraction of sp³-hybridized carbons (Fsp3) is 0.417. The van der Waals surface area contributed by atoms with Crippen LogP contribution in [-0.2, 0) is 16.1 Å². The number of carbonyl (C=O) groups is 2. The maximum Gasteiger partial charge on any atom is 0.416 e. The summed E-state index contributed by atoms with van der Waals surface area (Å²) >= 11 is 0. The first-order valence-corrected chi connectivity index (χ1v) is 12.1. The second kappa shape index (κ2) is 9.32. The number of carbonyl (C=O) groups excluding carboxylic acids is 2. The minimum atomic E-state index is -0.457. The Labute approximate surface area is 210 Å². The highest BCUT2D eigenvalue weighted by atomic mass is 16.6. The lowest BCUT2D eigenvalue weighted by atomic mass is 9.88. The maximum atomic E-state index is 12.8. The van der Waals surface area contributed by atoms with Gasteiger partial charge in [0.05, 0.1) is 19.3 Å². The molecule has 0 aromatic carbocycles. The highest BCUT2D eigenvalue weighted by Crippen LogP contribution is 2.37. The van der Waals surface area contributed by atoms with Gasteiger partial charge >= 0.3 is 6.09 Å². The number of hydrogen-bond donors (Lipinski definition) is 2. The summed E-state index contributed by atoms with van der Waals surface area (Å²) in [6.07, 6.45) is 2.71. The minimum Gasteiger partial charge on any atom is -0.481 e. The van der Waals surface area contributed by atoms with Crippen LogP contribution in [0.1, 0.15) is 19.3 Å². The van der Waals surface area contributed by atoms with Crippen LogP contribution in [0.2, 0.25) is 0 Å². The maximum absolute atomic E-state index is 12.8. The molecule has 6 rings (SSSR count). The number of nitrogens with zero attached hydrogens (tertiary/aromatic N) is 5. The van der Waals surface area contributed by atoms with Gasteiger partial charge in [0.2, 0.25) is 5.88 Å². The Morgan fingerprint density at radius 3 is 2.92 bits per heavy atom.